The Balaban J connectivity index is 1.74. The van der Waals surface area contributed by atoms with E-state index in [1.165, 1.54) is 18.2 Å². The molecule has 4 N–H and O–H groups in total. The van der Waals surface area contributed by atoms with Gasteiger partial charge in [0, 0.05) is 11.1 Å². The molecule has 0 radical (unpaired) electrons. The van der Waals surface area contributed by atoms with Crippen LogP contribution in [0, 0.1) is 11.3 Å². The molecule has 2 aliphatic carbocycles. The van der Waals surface area contributed by atoms with E-state index in [1.54, 1.807) is 13.8 Å². The molecule has 0 saturated carbocycles. The Bertz CT molecular complexity index is 1330. The van der Waals surface area contributed by atoms with Crippen molar-refractivity contribution in [3.8, 4) is 6.07 Å². The summed E-state index contributed by atoms with van der Waals surface area (Å²) in [5.41, 5.74) is 3.94. The second-order valence-electron chi connectivity index (χ2n) is 9.98. The number of nitrogens with one attached hydrogen (secondary N) is 1. The summed E-state index contributed by atoms with van der Waals surface area (Å²) < 4.78 is 17.1. The maximum atomic E-state index is 13.3. The van der Waals surface area contributed by atoms with Crippen molar-refractivity contribution in [2.24, 2.45) is 9.50 Å². The number of hydrogen-bond acceptors (Lipinski definition) is 5. The molecule has 0 unspecified atom stereocenters. The van der Waals surface area contributed by atoms with Crippen molar-refractivity contribution in [1.82, 2.24) is 4.98 Å². The van der Waals surface area contributed by atoms with Gasteiger partial charge in [0.1, 0.15) is 9.92 Å². The molecule has 33 heavy (non-hydrogen) atoms. The fourth-order valence-corrected chi connectivity index (χ4v) is 5.61. The van der Waals surface area contributed by atoms with Crippen molar-refractivity contribution < 1.29 is 14.1 Å². The van der Waals surface area contributed by atoms with Gasteiger partial charge in [-0.15, -0.1) is 4.36 Å². The molecule has 2 aliphatic rings. The fraction of sp³-hybridized carbons (Fsp3) is 0.458. The number of urea groups is 1. The molecule has 0 bridgehead atoms. The Morgan fingerprint density at radius 1 is 1.27 bits per heavy atom. The predicted octanol–water partition coefficient (Wildman–Crippen LogP) is 3.83. The van der Waals surface area contributed by atoms with E-state index in [0.29, 0.717) is 5.56 Å². The molecular formula is C24H29N5O3S. The molecule has 9 heteroatoms. The minimum atomic E-state index is -3.66. The van der Waals surface area contributed by atoms with Gasteiger partial charge in [0.05, 0.1) is 33.5 Å². The molecular weight excluding hydrogens is 438 g/mol. The molecule has 0 fully saturated rings. The molecule has 174 valence electrons. The average molecular weight is 468 g/mol. The van der Waals surface area contributed by atoms with Gasteiger partial charge in [-0.2, -0.15) is 5.26 Å². The van der Waals surface area contributed by atoms with Crippen LogP contribution >= 0.6 is 0 Å². The van der Waals surface area contributed by atoms with Crippen molar-refractivity contribution in [1.29, 1.82) is 5.26 Å². The Morgan fingerprint density at radius 2 is 2.00 bits per heavy atom. The highest BCUT2D eigenvalue weighted by Crippen LogP contribution is 2.44. The number of fused-ring (bicyclic) bond motifs is 2. The monoisotopic (exact) mass is 467 g/mol. The number of aliphatic hydroxyl groups is 1. The lowest BCUT2D eigenvalue weighted by Crippen LogP contribution is -2.21. The molecule has 8 nitrogen and oxygen atoms in total. The summed E-state index contributed by atoms with van der Waals surface area (Å²) in [5, 5.41) is 28.5. The van der Waals surface area contributed by atoms with E-state index >= 15 is 0 Å². The van der Waals surface area contributed by atoms with E-state index in [0.717, 1.165) is 60.3 Å². The van der Waals surface area contributed by atoms with Crippen LogP contribution in [0.2, 0.25) is 0 Å². The van der Waals surface area contributed by atoms with Crippen LogP contribution in [0.3, 0.4) is 0 Å². The third-order valence-corrected chi connectivity index (χ3v) is 7.84. The quantitative estimate of drug-likeness (QED) is 0.629. The second kappa shape index (κ2) is 7.90. The fourth-order valence-electron chi connectivity index (χ4n) is 4.62. The van der Waals surface area contributed by atoms with Crippen molar-refractivity contribution in [3.63, 3.8) is 0 Å². The highest BCUT2D eigenvalue weighted by molar-refractivity contribution is 7.91. The normalized spacial score (nSPS) is 18.1. The number of nitrogens with zero attached hydrogens (tertiary/aromatic N) is 3. The number of nitrogens with two attached hydrogens (primary N) is 1. The molecule has 1 aromatic carbocycles. The minimum absolute atomic E-state index is 0.0140. The number of nitriles is 1. The van der Waals surface area contributed by atoms with Crippen LogP contribution in [0.15, 0.2) is 27.5 Å². The molecule has 0 spiro atoms. The van der Waals surface area contributed by atoms with E-state index in [1.807, 2.05) is 6.07 Å². The van der Waals surface area contributed by atoms with Crippen LogP contribution < -0.4 is 10.5 Å². The van der Waals surface area contributed by atoms with Gasteiger partial charge in [0.2, 0.25) is 0 Å². The Labute approximate surface area is 194 Å². The van der Waals surface area contributed by atoms with Crippen LogP contribution in [-0.2, 0) is 40.2 Å². The number of rotatable bonds is 3. The first-order chi connectivity index (χ1) is 15.3. The lowest BCUT2D eigenvalue weighted by molar-refractivity contribution is 0.0783. The van der Waals surface area contributed by atoms with E-state index in [-0.39, 0.29) is 15.9 Å². The zero-order valence-electron chi connectivity index (χ0n) is 19.4. The molecule has 1 atom stereocenters. The van der Waals surface area contributed by atoms with Crippen molar-refractivity contribution in [2.75, 3.05) is 5.32 Å². The summed E-state index contributed by atoms with van der Waals surface area (Å²) in [7, 11) is -3.66. The number of aromatic nitrogens is 1. The maximum absolute atomic E-state index is 13.3. The highest BCUT2D eigenvalue weighted by atomic mass is 32.2. The number of aryl methyl sites for hydroxylation is 1. The average Bonchev–Trinajstić information content (AvgIpc) is 3.31. The number of pyridine rings is 1. The summed E-state index contributed by atoms with van der Waals surface area (Å²) >= 11 is 0. The Kier molecular flexibility index (Phi) is 5.60. The number of anilines is 1. The van der Waals surface area contributed by atoms with Crippen LogP contribution in [0.1, 0.15) is 74.2 Å². The van der Waals surface area contributed by atoms with Gasteiger partial charge in [-0.3, -0.25) is 4.98 Å². The first-order valence-corrected chi connectivity index (χ1v) is 12.6. The zero-order chi connectivity index (χ0) is 24.2. The minimum Gasteiger partial charge on any atom is -0.386 e. The van der Waals surface area contributed by atoms with Crippen LogP contribution in [0.4, 0.5) is 10.5 Å². The zero-order valence-corrected chi connectivity index (χ0v) is 20.2. The summed E-state index contributed by atoms with van der Waals surface area (Å²) in [6.07, 6.45) is 4.40. The molecule has 1 heterocycles. The number of carbonyl (C=O) groups is 1. The van der Waals surface area contributed by atoms with Gasteiger partial charge < -0.3 is 10.4 Å². The molecule has 0 saturated heterocycles. The van der Waals surface area contributed by atoms with Crippen LogP contribution in [0.25, 0.3) is 0 Å². The van der Waals surface area contributed by atoms with Gasteiger partial charge in [0.25, 0.3) is 0 Å². The van der Waals surface area contributed by atoms with Gasteiger partial charge in [-0.25, -0.2) is 14.1 Å². The summed E-state index contributed by atoms with van der Waals surface area (Å²) in [6.45, 7) is 7.39. The number of benzene rings is 1. The smallest absolute Gasteiger partial charge is 0.354 e. The Morgan fingerprint density at radius 3 is 2.67 bits per heavy atom. The summed E-state index contributed by atoms with van der Waals surface area (Å²) in [4.78, 5) is 17.9. The van der Waals surface area contributed by atoms with E-state index in [2.05, 4.69) is 23.5 Å². The topological polar surface area (TPSA) is 141 Å². The Hall–Kier alpha value is -2.80. The number of carbonyl (C=O) groups excluding carboxylic acids is 1. The number of amides is 2. The molecule has 2 aromatic rings. The van der Waals surface area contributed by atoms with Crippen LogP contribution in [0.5, 0.6) is 0 Å². The van der Waals surface area contributed by atoms with E-state index < -0.39 is 21.5 Å². The van der Waals surface area contributed by atoms with Gasteiger partial charge in [-0.1, -0.05) is 13.8 Å². The summed E-state index contributed by atoms with van der Waals surface area (Å²) in [6, 6.07) is 5.41. The molecule has 2 amide bonds. The standard InChI is InChI=1S/C24H29N5O3S/c1-23(2)9-8-18-20(17-6-5-7-19(17)27-21(18)23)28-22(30)29-33(26,32)16-11-14(13-25)10-15(12-16)24(3,4)31/h10-12,31H,5-9H2,1-4H3,(H3,26,27,28,29,30,32)/t33-/m0/s1. The largest absolute Gasteiger partial charge is 0.386 e. The first kappa shape index (κ1) is 23.4. The third-order valence-electron chi connectivity index (χ3n) is 6.50. The lowest BCUT2D eigenvalue weighted by atomic mass is 9.90. The van der Waals surface area contributed by atoms with Gasteiger partial charge in [0.15, 0.2) is 0 Å². The van der Waals surface area contributed by atoms with Crippen molar-refractivity contribution in [3.05, 3.63) is 51.8 Å². The maximum Gasteiger partial charge on any atom is 0.354 e. The van der Waals surface area contributed by atoms with Crippen molar-refractivity contribution >= 4 is 21.6 Å². The predicted molar refractivity (Wildman–Crippen MR) is 126 cm³/mol. The first-order valence-electron chi connectivity index (χ1n) is 11.0. The summed E-state index contributed by atoms with van der Waals surface area (Å²) in [5.74, 6) is 0. The van der Waals surface area contributed by atoms with Crippen LogP contribution in [-0.4, -0.2) is 20.3 Å². The second-order valence-corrected chi connectivity index (χ2v) is 11.8. The van der Waals surface area contributed by atoms with E-state index in [4.69, 9.17) is 10.1 Å². The van der Waals surface area contributed by atoms with Crippen molar-refractivity contribution in [2.45, 2.75) is 75.7 Å². The third kappa shape index (κ3) is 4.38. The number of hydrogen-bond donors (Lipinski definition) is 3. The van der Waals surface area contributed by atoms with Gasteiger partial charge in [-0.05, 0) is 80.8 Å². The lowest BCUT2D eigenvalue weighted by Gasteiger charge is -2.20. The van der Waals surface area contributed by atoms with Gasteiger partial charge >= 0.3 is 6.03 Å². The molecule has 1 aromatic heterocycles. The van der Waals surface area contributed by atoms with E-state index in [9.17, 15) is 19.4 Å². The SMILES string of the molecule is CC(C)(O)c1cc(C#N)cc([S@@](N)(=O)=NC(=O)Nc2c3c(nc4c2CCC4(C)C)CCC3)c1. The highest BCUT2D eigenvalue weighted by Gasteiger charge is 2.36. The molecule has 4 rings (SSSR count). The molecule has 0 aliphatic heterocycles.